The Morgan fingerprint density at radius 1 is 0.946 bits per heavy atom. The van der Waals surface area contributed by atoms with E-state index in [4.69, 9.17) is 23.2 Å². The van der Waals surface area contributed by atoms with Gasteiger partial charge in [-0.3, -0.25) is 13.9 Å². The summed E-state index contributed by atoms with van der Waals surface area (Å²) in [4.78, 5) is 28.4. The van der Waals surface area contributed by atoms with Gasteiger partial charge in [0.05, 0.1) is 22.0 Å². The number of hydrogen-bond acceptors (Lipinski definition) is 4. The van der Waals surface area contributed by atoms with Crippen LogP contribution in [0.5, 0.6) is 0 Å². The van der Waals surface area contributed by atoms with Gasteiger partial charge in [0.25, 0.3) is 0 Å². The number of amides is 2. The number of rotatable bonds is 10. The maximum atomic E-state index is 13.9. The van der Waals surface area contributed by atoms with E-state index in [1.807, 2.05) is 61.5 Å². The zero-order chi connectivity index (χ0) is 27.2. The molecule has 2 amide bonds. The molecule has 0 unspecified atom stereocenters. The normalized spacial score (nSPS) is 12.0. The first-order valence-corrected chi connectivity index (χ1v) is 14.1. The minimum Gasteiger partial charge on any atom is -0.357 e. The first kappa shape index (κ1) is 28.5. The van der Waals surface area contributed by atoms with Gasteiger partial charge in [-0.05, 0) is 30.2 Å². The molecule has 7 nitrogen and oxygen atoms in total. The van der Waals surface area contributed by atoms with Crippen LogP contribution in [0.25, 0.3) is 0 Å². The molecule has 0 aliphatic carbocycles. The zero-order valence-corrected chi connectivity index (χ0v) is 23.1. The second-order valence-corrected chi connectivity index (χ2v) is 11.4. The Hall–Kier alpha value is -3.07. The van der Waals surface area contributed by atoms with Gasteiger partial charge in [0.15, 0.2) is 0 Å². The number of sulfonamides is 1. The van der Waals surface area contributed by atoms with Crippen molar-refractivity contribution in [2.75, 3.05) is 24.2 Å². The van der Waals surface area contributed by atoms with Crippen molar-refractivity contribution in [1.29, 1.82) is 0 Å². The lowest BCUT2D eigenvalue weighted by atomic mass is 10.0. The first-order valence-electron chi connectivity index (χ1n) is 11.5. The molecule has 0 saturated heterocycles. The van der Waals surface area contributed by atoms with Crippen LogP contribution < -0.4 is 9.62 Å². The molecule has 0 spiro atoms. The largest absolute Gasteiger partial charge is 0.357 e. The van der Waals surface area contributed by atoms with Crippen molar-refractivity contribution < 1.29 is 18.0 Å². The molecule has 37 heavy (non-hydrogen) atoms. The van der Waals surface area contributed by atoms with Crippen molar-refractivity contribution in [3.8, 4) is 0 Å². The standard InChI is InChI=1S/C27H29Cl2N3O4S/c1-19-9-7-12-21(15-19)17-31(24(27(34)30-2)16-20-10-5-4-6-11-20)25(33)18-32(37(3,35)36)23-14-8-13-22(28)26(23)29/h4-15,24H,16-18H2,1-3H3,(H,30,34)/t24-/m1/s1. The fourth-order valence-corrected chi connectivity index (χ4v) is 5.31. The molecular formula is C27H29Cl2N3O4S. The van der Waals surface area contributed by atoms with E-state index in [9.17, 15) is 18.0 Å². The number of nitrogens with zero attached hydrogens (tertiary/aromatic N) is 2. The summed E-state index contributed by atoms with van der Waals surface area (Å²) in [6.45, 7) is 1.47. The van der Waals surface area contributed by atoms with Gasteiger partial charge < -0.3 is 10.2 Å². The van der Waals surface area contributed by atoms with Crippen molar-refractivity contribution >= 4 is 50.7 Å². The molecule has 10 heteroatoms. The summed E-state index contributed by atoms with van der Waals surface area (Å²) >= 11 is 12.4. The van der Waals surface area contributed by atoms with Crippen LogP contribution in [-0.4, -0.2) is 51.0 Å². The van der Waals surface area contributed by atoms with Crippen LogP contribution in [0, 0.1) is 6.92 Å². The van der Waals surface area contributed by atoms with E-state index in [1.165, 1.54) is 24.1 Å². The Balaban J connectivity index is 2.06. The van der Waals surface area contributed by atoms with Crippen LogP contribution in [0.1, 0.15) is 16.7 Å². The maximum absolute atomic E-state index is 13.9. The number of benzene rings is 3. The monoisotopic (exact) mass is 561 g/mol. The fourth-order valence-electron chi connectivity index (χ4n) is 4.01. The lowest BCUT2D eigenvalue weighted by Gasteiger charge is -2.33. The smallest absolute Gasteiger partial charge is 0.244 e. The summed E-state index contributed by atoms with van der Waals surface area (Å²) < 4.78 is 26.5. The molecule has 0 saturated carbocycles. The highest BCUT2D eigenvalue weighted by Crippen LogP contribution is 2.33. The molecule has 0 aliphatic heterocycles. The third kappa shape index (κ3) is 7.47. The number of carbonyl (C=O) groups excluding carboxylic acids is 2. The van der Waals surface area contributed by atoms with Crippen LogP contribution >= 0.6 is 23.2 Å². The second kappa shape index (κ2) is 12.4. The minimum absolute atomic E-state index is 0.0137. The van der Waals surface area contributed by atoms with Gasteiger partial charge in [-0.25, -0.2) is 8.42 Å². The molecule has 0 aliphatic rings. The fraction of sp³-hybridized carbons (Fsp3) is 0.259. The van der Waals surface area contributed by atoms with E-state index in [0.717, 1.165) is 27.3 Å². The summed E-state index contributed by atoms with van der Waals surface area (Å²) in [6.07, 6.45) is 1.23. The Morgan fingerprint density at radius 2 is 1.59 bits per heavy atom. The summed E-state index contributed by atoms with van der Waals surface area (Å²) in [5.41, 5.74) is 2.74. The van der Waals surface area contributed by atoms with E-state index in [2.05, 4.69) is 5.32 Å². The highest BCUT2D eigenvalue weighted by molar-refractivity contribution is 7.92. The number of halogens is 2. The van der Waals surface area contributed by atoms with Gasteiger partial charge in [0.2, 0.25) is 21.8 Å². The van der Waals surface area contributed by atoms with Crippen molar-refractivity contribution in [3.63, 3.8) is 0 Å². The quantitative estimate of drug-likeness (QED) is 0.396. The van der Waals surface area contributed by atoms with Crippen LogP contribution in [0.2, 0.25) is 10.0 Å². The van der Waals surface area contributed by atoms with Crippen LogP contribution in [-0.2, 0) is 32.6 Å². The average Bonchev–Trinajstić information content (AvgIpc) is 2.86. The molecule has 1 atom stereocenters. The third-order valence-corrected chi connectivity index (χ3v) is 7.77. The Morgan fingerprint density at radius 3 is 2.22 bits per heavy atom. The molecule has 3 aromatic rings. The van der Waals surface area contributed by atoms with Crippen molar-refractivity contribution in [2.45, 2.75) is 25.9 Å². The Bertz CT molecular complexity index is 1370. The Kier molecular flexibility index (Phi) is 9.59. The first-order chi connectivity index (χ1) is 17.5. The number of nitrogens with one attached hydrogen (secondary N) is 1. The number of anilines is 1. The summed E-state index contributed by atoms with van der Waals surface area (Å²) in [5.74, 6) is -0.927. The number of aryl methyl sites for hydroxylation is 1. The Labute approximate surface area is 228 Å². The summed E-state index contributed by atoms with van der Waals surface area (Å²) in [7, 11) is -2.43. The second-order valence-electron chi connectivity index (χ2n) is 8.67. The molecule has 1 N–H and O–H groups in total. The molecule has 0 fully saturated rings. The average molecular weight is 563 g/mol. The van der Waals surface area contributed by atoms with Crippen LogP contribution in [0.3, 0.4) is 0 Å². The van der Waals surface area contributed by atoms with E-state index in [0.29, 0.717) is 0 Å². The highest BCUT2D eigenvalue weighted by Gasteiger charge is 2.33. The minimum atomic E-state index is -3.93. The van der Waals surface area contributed by atoms with Crippen molar-refractivity contribution in [2.24, 2.45) is 0 Å². The predicted octanol–water partition coefficient (Wildman–Crippen LogP) is 4.45. The third-order valence-electron chi connectivity index (χ3n) is 5.83. The summed E-state index contributed by atoms with van der Waals surface area (Å²) in [5, 5.41) is 2.82. The van der Waals surface area contributed by atoms with Crippen LogP contribution in [0.15, 0.2) is 72.8 Å². The molecule has 3 rings (SSSR count). The van der Waals surface area contributed by atoms with Crippen molar-refractivity contribution in [1.82, 2.24) is 10.2 Å². The lowest BCUT2D eigenvalue weighted by Crippen LogP contribution is -2.52. The van der Waals surface area contributed by atoms with E-state index < -0.39 is 28.5 Å². The molecule has 0 heterocycles. The number of hydrogen-bond donors (Lipinski definition) is 1. The summed E-state index contributed by atoms with van der Waals surface area (Å²) in [6, 6.07) is 20.6. The SMILES string of the molecule is CNC(=O)[C@@H](Cc1ccccc1)N(Cc1cccc(C)c1)C(=O)CN(c1cccc(Cl)c1Cl)S(C)(=O)=O. The van der Waals surface area contributed by atoms with E-state index >= 15 is 0 Å². The maximum Gasteiger partial charge on any atom is 0.244 e. The predicted molar refractivity (Wildman–Crippen MR) is 148 cm³/mol. The van der Waals surface area contributed by atoms with Gasteiger partial charge in [-0.1, -0.05) is 89.4 Å². The zero-order valence-electron chi connectivity index (χ0n) is 20.8. The number of likely N-dealkylation sites (N-methyl/N-ethyl adjacent to an activating group) is 1. The molecule has 3 aromatic carbocycles. The van der Waals surface area contributed by atoms with Gasteiger partial charge in [-0.2, -0.15) is 0 Å². The molecule has 0 radical (unpaired) electrons. The topological polar surface area (TPSA) is 86.8 Å². The molecule has 0 aromatic heterocycles. The molecule has 196 valence electrons. The van der Waals surface area contributed by atoms with Crippen LogP contribution in [0.4, 0.5) is 5.69 Å². The van der Waals surface area contributed by atoms with Gasteiger partial charge in [0, 0.05) is 20.0 Å². The van der Waals surface area contributed by atoms with Gasteiger partial charge in [-0.15, -0.1) is 0 Å². The van der Waals surface area contributed by atoms with E-state index in [1.54, 1.807) is 6.07 Å². The van der Waals surface area contributed by atoms with Gasteiger partial charge in [0.1, 0.15) is 12.6 Å². The highest BCUT2D eigenvalue weighted by atomic mass is 35.5. The van der Waals surface area contributed by atoms with Gasteiger partial charge >= 0.3 is 0 Å². The molecule has 0 bridgehead atoms. The van der Waals surface area contributed by atoms with Crippen molar-refractivity contribution in [3.05, 3.63) is 99.5 Å². The van der Waals surface area contributed by atoms with E-state index in [-0.39, 0.29) is 34.6 Å². The lowest BCUT2D eigenvalue weighted by molar-refractivity contribution is -0.139. The molecular weight excluding hydrogens is 533 g/mol. The number of carbonyl (C=O) groups is 2.